The third kappa shape index (κ3) is 2.63. The highest BCUT2D eigenvalue weighted by molar-refractivity contribution is 7.99. The fourth-order valence-electron chi connectivity index (χ4n) is 1.80. The summed E-state index contributed by atoms with van der Waals surface area (Å²) >= 11 is 8.03. The highest BCUT2D eigenvalue weighted by Crippen LogP contribution is 2.25. The molecule has 0 aliphatic carbocycles. The van der Waals surface area contributed by atoms with Crippen LogP contribution in [0.3, 0.4) is 0 Å². The molecule has 0 aromatic heterocycles. The lowest BCUT2D eigenvalue weighted by Gasteiger charge is -2.22. The zero-order chi connectivity index (χ0) is 11.4. The molecule has 4 heteroatoms. The Kier molecular flexibility index (Phi) is 3.98. The molecular formula is C12H13ClN2S. The molecule has 1 fully saturated rings. The predicted octanol–water partition coefficient (Wildman–Crippen LogP) is 3.15. The van der Waals surface area contributed by atoms with Gasteiger partial charge in [0.15, 0.2) is 0 Å². The summed E-state index contributed by atoms with van der Waals surface area (Å²) in [5.41, 5.74) is 1.68. The summed E-state index contributed by atoms with van der Waals surface area (Å²) in [7, 11) is 0. The second-order valence-electron chi connectivity index (χ2n) is 3.73. The molecule has 1 aliphatic heterocycles. The standard InChI is InChI=1S/C12H13ClN2S/c13-12-8-11(3-2-10(12)9-14)15-4-1-6-16-7-5-15/h2-3,8H,1,4-7H2. The van der Waals surface area contributed by atoms with Gasteiger partial charge in [-0.2, -0.15) is 17.0 Å². The second kappa shape index (κ2) is 5.47. The van der Waals surface area contributed by atoms with E-state index in [2.05, 4.69) is 11.0 Å². The van der Waals surface area contributed by atoms with E-state index < -0.39 is 0 Å². The van der Waals surface area contributed by atoms with Gasteiger partial charge in [-0.1, -0.05) is 11.6 Å². The lowest BCUT2D eigenvalue weighted by molar-refractivity contribution is 0.816. The largest absolute Gasteiger partial charge is 0.371 e. The van der Waals surface area contributed by atoms with Crippen LogP contribution in [0.1, 0.15) is 12.0 Å². The average Bonchev–Trinajstić information content (AvgIpc) is 2.57. The van der Waals surface area contributed by atoms with Crippen molar-refractivity contribution in [2.45, 2.75) is 6.42 Å². The Morgan fingerprint density at radius 1 is 1.31 bits per heavy atom. The number of thioether (sulfide) groups is 1. The first-order valence-corrected chi connectivity index (χ1v) is 6.87. The SMILES string of the molecule is N#Cc1ccc(N2CCCSCC2)cc1Cl. The zero-order valence-electron chi connectivity index (χ0n) is 8.95. The van der Waals surface area contributed by atoms with Crippen molar-refractivity contribution in [1.29, 1.82) is 5.26 Å². The lowest BCUT2D eigenvalue weighted by Crippen LogP contribution is -2.25. The number of halogens is 1. The maximum atomic E-state index is 8.81. The first-order valence-electron chi connectivity index (χ1n) is 5.33. The van der Waals surface area contributed by atoms with Gasteiger partial charge in [-0.15, -0.1) is 0 Å². The van der Waals surface area contributed by atoms with Gasteiger partial charge in [0, 0.05) is 24.5 Å². The molecule has 2 rings (SSSR count). The van der Waals surface area contributed by atoms with Crippen LogP contribution in [0.5, 0.6) is 0 Å². The monoisotopic (exact) mass is 252 g/mol. The minimum absolute atomic E-state index is 0.551. The van der Waals surface area contributed by atoms with Crippen LogP contribution in [0, 0.1) is 11.3 Å². The summed E-state index contributed by atoms with van der Waals surface area (Å²) in [6, 6.07) is 7.77. The van der Waals surface area contributed by atoms with Gasteiger partial charge in [0.1, 0.15) is 6.07 Å². The first-order chi connectivity index (χ1) is 7.81. The van der Waals surface area contributed by atoms with Crippen molar-refractivity contribution < 1.29 is 0 Å². The van der Waals surface area contributed by atoms with Crippen molar-refractivity contribution in [3.8, 4) is 6.07 Å². The fourth-order valence-corrected chi connectivity index (χ4v) is 2.90. The molecule has 0 bridgehead atoms. The quantitative estimate of drug-likeness (QED) is 0.768. The van der Waals surface area contributed by atoms with Crippen molar-refractivity contribution in [2.24, 2.45) is 0 Å². The van der Waals surface area contributed by atoms with Crippen LogP contribution in [-0.2, 0) is 0 Å². The molecule has 1 aliphatic rings. The van der Waals surface area contributed by atoms with E-state index in [1.807, 2.05) is 23.9 Å². The van der Waals surface area contributed by atoms with Crippen LogP contribution >= 0.6 is 23.4 Å². The van der Waals surface area contributed by atoms with Gasteiger partial charge < -0.3 is 4.90 Å². The molecule has 0 saturated carbocycles. The minimum atomic E-state index is 0.551. The molecular weight excluding hydrogens is 240 g/mol. The van der Waals surface area contributed by atoms with Crippen LogP contribution in [0.2, 0.25) is 5.02 Å². The van der Waals surface area contributed by atoms with E-state index >= 15 is 0 Å². The molecule has 1 heterocycles. The smallest absolute Gasteiger partial charge is 0.101 e. The normalized spacial score (nSPS) is 16.6. The van der Waals surface area contributed by atoms with Crippen LogP contribution in [0.4, 0.5) is 5.69 Å². The highest BCUT2D eigenvalue weighted by atomic mass is 35.5. The number of hydrogen-bond acceptors (Lipinski definition) is 3. The van der Waals surface area contributed by atoms with Gasteiger partial charge in [0.25, 0.3) is 0 Å². The third-order valence-electron chi connectivity index (χ3n) is 2.66. The van der Waals surface area contributed by atoms with Gasteiger partial charge in [-0.05, 0) is 30.4 Å². The van der Waals surface area contributed by atoms with E-state index in [1.165, 1.54) is 12.2 Å². The Balaban J connectivity index is 2.20. The lowest BCUT2D eigenvalue weighted by atomic mass is 10.2. The van der Waals surface area contributed by atoms with Crippen molar-refractivity contribution in [1.82, 2.24) is 0 Å². The summed E-state index contributed by atoms with van der Waals surface area (Å²) in [5.74, 6) is 2.40. The molecule has 16 heavy (non-hydrogen) atoms. The molecule has 1 saturated heterocycles. The highest BCUT2D eigenvalue weighted by Gasteiger charge is 2.11. The van der Waals surface area contributed by atoms with E-state index in [4.69, 9.17) is 16.9 Å². The molecule has 84 valence electrons. The minimum Gasteiger partial charge on any atom is -0.371 e. The van der Waals surface area contributed by atoms with Crippen LogP contribution in [0.15, 0.2) is 18.2 Å². The van der Waals surface area contributed by atoms with E-state index in [-0.39, 0.29) is 0 Å². The summed E-state index contributed by atoms with van der Waals surface area (Å²) in [4.78, 5) is 2.34. The molecule has 0 radical (unpaired) electrons. The maximum Gasteiger partial charge on any atom is 0.101 e. The summed E-state index contributed by atoms with van der Waals surface area (Å²) < 4.78 is 0. The number of rotatable bonds is 1. The topological polar surface area (TPSA) is 27.0 Å². The molecule has 0 spiro atoms. The van der Waals surface area contributed by atoms with E-state index in [0.717, 1.165) is 24.5 Å². The Bertz CT molecular complexity index is 406. The van der Waals surface area contributed by atoms with Crippen LogP contribution < -0.4 is 4.90 Å². The Morgan fingerprint density at radius 2 is 2.19 bits per heavy atom. The van der Waals surface area contributed by atoms with Crippen molar-refractivity contribution in [3.63, 3.8) is 0 Å². The average molecular weight is 253 g/mol. The Hall–Kier alpha value is -0.850. The van der Waals surface area contributed by atoms with Crippen molar-refractivity contribution in [2.75, 3.05) is 29.5 Å². The third-order valence-corrected chi connectivity index (χ3v) is 4.02. The Labute approximate surface area is 105 Å². The van der Waals surface area contributed by atoms with Gasteiger partial charge >= 0.3 is 0 Å². The van der Waals surface area contributed by atoms with Crippen LogP contribution in [0.25, 0.3) is 0 Å². The van der Waals surface area contributed by atoms with Crippen LogP contribution in [-0.4, -0.2) is 24.6 Å². The van der Waals surface area contributed by atoms with Crippen molar-refractivity contribution >= 4 is 29.1 Å². The number of nitrogens with zero attached hydrogens (tertiary/aromatic N) is 2. The van der Waals surface area contributed by atoms with E-state index in [9.17, 15) is 0 Å². The van der Waals surface area contributed by atoms with E-state index in [1.54, 1.807) is 6.07 Å². The van der Waals surface area contributed by atoms with Gasteiger partial charge in [0.05, 0.1) is 10.6 Å². The van der Waals surface area contributed by atoms with Gasteiger partial charge in [0.2, 0.25) is 0 Å². The summed E-state index contributed by atoms with van der Waals surface area (Å²) in [5, 5.41) is 9.37. The predicted molar refractivity (Wildman–Crippen MR) is 70.3 cm³/mol. The number of anilines is 1. The second-order valence-corrected chi connectivity index (χ2v) is 5.36. The molecule has 0 N–H and O–H groups in total. The number of hydrogen-bond donors (Lipinski definition) is 0. The first kappa shape index (κ1) is 11.6. The number of benzene rings is 1. The molecule has 1 aromatic rings. The molecule has 0 atom stereocenters. The van der Waals surface area contributed by atoms with E-state index in [0.29, 0.717) is 10.6 Å². The van der Waals surface area contributed by atoms with Crippen molar-refractivity contribution in [3.05, 3.63) is 28.8 Å². The Morgan fingerprint density at radius 3 is 2.94 bits per heavy atom. The summed E-state index contributed by atoms with van der Waals surface area (Å²) in [6.45, 7) is 2.14. The number of nitriles is 1. The molecule has 0 amide bonds. The molecule has 2 nitrogen and oxygen atoms in total. The maximum absolute atomic E-state index is 8.81. The van der Waals surface area contributed by atoms with Gasteiger partial charge in [-0.25, -0.2) is 0 Å². The molecule has 0 unspecified atom stereocenters. The fraction of sp³-hybridized carbons (Fsp3) is 0.417. The molecule has 1 aromatic carbocycles. The zero-order valence-corrected chi connectivity index (χ0v) is 10.5. The van der Waals surface area contributed by atoms with Gasteiger partial charge in [-0.3, -0.25) is 0 Å². The summed E-state index contributed by atoms with van der Waals surface area (Å²) in [6.07, 6.45) is 1.21.